The number of amides is 1. The van der Waals surface area contributed by atoms with E-state index in [-0.39, 0.29) is 11.7 Å². The molecule has 18 heavy (non-hydrogen) atoms. The predicted octanol–water partition coefficient (Wildman–Crippen LogP) is 0.969. The number of rotatable bonds is 6. The molecule has 0 heterocycles. The number of phenols is 1. The normalized spacial score (nSPS) is 10.2. The number of carbonyl (C=O) groups is 1. The second kappa shape index (κ2) is 6.86. The first-order valence-corrected chi connectivity index (χ1v) is 5.81. The Morgan fingerprint density at radius 2 is 2.17 bits per heavy atom. The Morgan fingerprint density at radius 3 is 2.78 bits per heavy atom. The van der Waals surface area contributed by atoms with Crippen LogP contribution in [-0.2, 0) is 11.3 Å². The Kier molecular flexibility index (Phi) is 5.45. The summed E-state index contributed by atoms with van der Waals surface area (Å²) < 4.78 is 5.09. The molecule has 0 spiro atoms. The van der Waals surface area contributed by atoms with Gasteiger partial charge >= 0.3 is 0 Å². The van der Waals surface area contributed by atoms with E-state index in [1.165, 1.54) is 0 Å². The summed E-state index contributed by atoms with van der Waals surface area (Å²) in [6, 6.07) is 5.07. The number of benzene rings is 1. The van der Waals surface area contributed by atoms with Crippen molar-refractivity contribution in [3.8, 4) is 11.5 Å². The fraction of sp³-hybridized carbons (Fsp3) is 0.462. The minimum Gasteiger partial charge on any atom is -0.508 e. The molecule has 0 saturated carbocycles. The number of nitrogens with zero attached hydrogens (tertiary/aromatic N) is 1. The molecule has 0 radical (unpaired) electrons. The molecule has 0 atom stereocenters. The third kappa shape index (κ3) is 4.25. The van der Waals surface area contributed by atoms with Crippen molar-refractivity contribution >= 4 is 5.91 Å². The third-order valence-corrected chi connectivity index (χ3v) is 2.62. The number of ether oxygens (including phenoxy) is 1. The summed E-state index contributed by atoms with van der Waals surface area (Å²) in [5, 5.41) is 12.8. The molecule has 100 valence electrons. The lowest BCUT2D eigenvalue weighted by Crippen LogP contribution is -2.26. The van der Waals surface area contributed by atoms with Crippen molar-refractivity contribution in [2.75, 3.05) is 27.7 Å². The molecule has 0 aromatic heterocycles. The molecule has 1 aromatic rings. The second-order valence-electron chi connectivity index (χ2n) is 4.21. The predicted molar refractivity (Wildman–Crippen MR) is 69.7 cm³/mol. The van der Waals surface area contributed by atoms with E-state index in [1.807, 2.05) is 0 Å². The maximum Gasteiger partial charge on any atom is 0.223 e. The van der Waals surface area contributed by atoms with E-state index in [0.717, 1.165) is 5.56 Å². The van der Waals surface area contributed by atoms with Crippen LogP contribution in [-0.4, -0.2) is 43.7 Å². The summed E-state index contributed by atoms with van der Waals surface area (Å²) in [6.07, 6.45) is 0.442. The van der Waals surface area contributed by atoms with Crippen LogP contribution in [0.4, 0.5) is 0 Å². The minimum atomic E-state index is 0.0809. The summed E-state index contributed by atoms with van der Waals surface area (Å²) in [7, 11) is 5.05. The van der Waals surface area contributed by atoms with Gasteiger partial charge in [-0.25, -0.2) is 0 Å². The largest absolute Gasteiger partial charge is 0.508 e. The molecule has 2 N–H and O–H groups in total. The van der Waals surface area contributed by atoms with Crippen molar-refractivity contribution in [2.24, 2.45) is 0 Å². The van der Waals surface area contributed by atoms with Crippen LogP contribution < -0.4 is 10.1 Å². The molecule has 1 aromatic carbocycles. The molecule has 0 bridgehead atoms. The maximum absolute atomic E-state index is 11.3. The van der Waals surface area contributed by atoms with Crippen molar-refractivity contribution in [1.29, 1.82) is 0 Å². The van der Waals surface area contributed by atoms with Gasteiger partial charge in [-0.3, -0.25) is 4.79 Å². The zero-order valence-corrected chi connectivity index (χ0v) is 11.1. The number of hydrogen-bond donors (Lipinski definition) is 2. The summed E-state index contributed by atoms with van der Waals surface area (Å²) in [5.74, 6) is 1.01. The Hall–Kier alpha value is -1.75. The first-order chi connectivity index (χ1) is 8.54. The Balaban J connectivity index is 2.41. The molecular formula is C13H20N2O3. The van der Waals surface area contributed by atoms with Crippen LogP contribution in [0.2, 0.25) is 0 Å². The number of nitrogens with one attached hydrogen (secondary N) is 1. The average Bonchev–Trinajstić information content (AvgIpc) is 2.36. The summed E-state index contributed by atoms with van der Waals surface area (Å²) in [4.78, 5) is 12.9. The number of carbonyl (C=O) groups excluding carboxylic acids is 1. The molecule has 0 aliphatic heterocycles. The van der Waals surface area contributed by atoms with E-state index >= 15 is 0 Å². The molecule has 0 unspecified atom stereocenters. The van der Waals surface area contributed by atoms with Crippen LogP contribution in [0.1, 0.15) is 12.0 Å². The minimum absolute atomic E-state index is 0.0809. The molecule has 0 aliphatic rings. The summed E-state index contributed by atoms with van der Waals surface area (Å²) in [6.45, 7) is 1.08. The van der Waals surface area contributed by atoms with Gasteiger partial charge in [0, 0.05) is 39.2 Å². The smallest absolute Gasteiger partial charge is 0.223 e. The number of aromatic hydroxyl groups is 1. The van der Waals surface area contributed by atoms with E-state index in [1.54, 1.807) is 44.3 Å². The molecule has 0 saturated heterocycles. The lowest BCUT2D eigenvalue weighted by molar-refractivity contribution is -0.128. The topological polar surface area (TPSA) is 61.8 Å². The first-order valence-electron chi connectivity index (χ1n) is 5.81. The first kappa shape index (κ1) is 14.3. The van der Waals surface area contributed by atoms with Crippen molar-refractivity contribution in [3.63, 3.8) is 0 Å². The third-order valence-electron chi connectivity index (χ3n) is 2.62. The van der Waals surface area contributed by atoms with Gasteiger partial charge in [0.2, 0.25) is 5.91 Å². The molecule has 1 amide bonds. The fourth-order valence-electron chi connectivity index (χ4n) is 1.47. The molecule has 5 nitrogen and oxygen atoms in total. The highest BCUT2D eigenvalue weighted by atomic mass is 16.5. The Labute approximate surface area is 107 Å². The van der Waals surface area contributed by atoms with E-state index in [2.05, 4.69) is 5.32 Å². The standard InChI is InChI=1S/C13H20N2O3/c1-15(2)13(17)6-7-14-9-10-8-11(18-3)4-5-12(10)16/h4-5,8,14,16H,6-7,9H2,1-3H3. The highest BCUT2D eigenvalue weighted by molar-refractivity contribution is 5.75. The Morgan fingerprint density at radius 1 is 1.44 bits per heavy atom. The van der Waals surface area contributed by atoms with Gasteiger partial charge in [0.1, 0.15) is 11.5 Å². The van der Waals surface area contributed by atoms with E-state index in [0.29, 0.717) is 25.3 Å². The van der Waals surface area contributed by atoms with Crippen LogP contribution in [0.15, 0.2) is 18.2 Å². The van der Waals surface area contributed by atoms with Gasteiger partial charge in [0.15, 0.2) is 0 Å². The van der Waals surface area contributed by atoms with Crippen LogP contribution in [0.3, 0.4) is 0 Å². The molecule has 1 rings (SSSR count). The molecule has 0 aliphatic carbocycles. The zero-order valence-electron chi connectivity index (χ0n) is 11.1. The lowest BCUT2D eigenvalue weighted by atomic mass is 10.2. The van der Waals surface area contributed by atoms with Gasteiger partial charge in [-0.2, -0.15) is 0 Å². The summed E-state index contributed by atoms with van der Waals surface area (Å²) in [5.41, 5.74) is 0.756. The molecule has 5 heteroatoms. The second-order valence-corrected chi connectivity index (χ2v) is 4.21. The van der Waals surface area contributed by atoms with Gasteiger partial charge in [-0.1, -0.05) is 0 Å². The van der Waals surface area contributed by atoms with E-state index in [9.17, 15) is 9.90 Å². The van der Waals surface area contributed by atoms with Gasteiger partial charge in [0.05, 0.1) is 7.11 Å². The number of phenolic OH excluding ortho intramolecular Hbond substituents is 1. The maximum atomic E-state index is 11.3. The van der Waals surface area contributed by atoms with Crippen LogP contribution >= 0.6 is 0 Å². The molecular weight excluding hydrogens is 232 g/mol. The van der Waals surface area contributed by atoms with Crippen LogP contribution in [0.5, 0.6) is 11.5 Å². The Bertz CT molecular complexity index is 405. The van der Waals surface area contributed by atoms with E-state index < -0.39 is 0 Å². The average molecular weight is 252 g/mol. The van der Waals surface area contributed by atoms with Crippen molar-refractivity contribution in [1.82, 2.24) is 10.2 Å². The van der Waals surface area contributed by atoms with Crippen LogP contribution in [0.25, 0.3) is 0 Å². The van der Waals surface area contributed by atoms with Gasteiger partial charge in [-0.15, -0.1) is 0 Å². The highest BCUT2D eigenvalue weighted by Gasteiger charge is 2.05. The summed E-state index contributed by atoms with van der Waals surface area (Å²) >= 11 is 0. The quantitative estimate of drug-likeness (QED) is 0.741. The van der Waals surface area contributed by atoms with Crippen molar-refractivity contribution in [2.45, 2.75) is 13.0 Å². The van der Waals surface area contributed by atoms with Gasteiger partial charge < -0.3 is 20.1 Å². The monoisotopic (exact) mass is 252 g/mol. The highest BCUT2D eigenvalue weighted by Crippen LogP contribution is 2.22. The zero-order chi connectivity index (χ0) is 13.5. The fourth-order valence-corrected chi connectivity index (χ4v) is 1.47. The van der Waals surface area contributed by atoms with E-state index in [4.69, 9.17) is 4.74 Å². The SMILES string of the molecule is COc1ccc(O)c(CNCCC(=O)N(C)C)c1. The van der Waals surface area contributed by atoms with Crippen LogP contribution in [0, 0.1) is 0 Å². The number of methoxy groups -OCH3 is 1. The lowest BCUT2D eigenvalue weighted by Gasteiger charge is -2.11. The number of hydrogen-bond acceptors (Lipinski definition) is 4. The van der Waals surface area contributed by atoms with Gasteiger partial charge in [-0.05, 0) is 18.2 Å². The van der Waals surface area contributed by atoms with Crippen molar-refractivity contribution in [3.05, 3.63) is 23.8 Å². The van der Waals surface area contributed by atoms with Gasteiger partial charge in [0.25, 0.3) is 0 Å². The molecule has 0 fully saturated rings. The van der Waals surface area contributed by atoms with Crippen molar-refractivity contribution < 1.29 is 14.6 Å².